The zero-order valence-electron chi connectivity index (χ0n) is 12.4. The van der Waals surface area contributed by atoms with Crippen molar-refractivity contribution in [2.24, 2.45) is 0 Å². The third kappa shape index (κ3) is 4.12. The van der Waals surface area contributed by atoms with Crippen LogP contribution in [0.25, 0.3) is 0 Å². The molecule has 0 radical (unpaired) electrons. The van der Waals surface area contributed by atoms with E-state index < -0.39 is 0 Å². The van der Waals surface area contributed by atoms with Gasteiger partial charge >= 0.3 is 0 Å². The van der Waals surface area contributed by atoms with Gasteiger partial charge in [0, 0.05) is 17.8 Å². The van der Waals surface area contributed by atoms with Crippen molar-refractivity contribution in [2.75, 3.05) is 5.32 Å². The number of nitrogens with one attached hydrogen (secondary N) is 2. The molecule has 1 aliphatic rings. The Labute approximate surface area is 144 Å². The first-order valence-electron chi connectivity index (χ1n) is 7.47. The quantitative estimate of drug-likeness (QED) is 0.866. The molecule has 0 saturated heterocycles. The van der Waals surface area contributed by atoms with Crippen LogP contribution < -0.4 is 10.6 Å². The number of nitrogens with zero attached hydrogens (tertiary/aromatic N) is 2. The van der Waals surface area contributed by atoms with Crippen LogP contribution in [0.2, 0.25) is 10.0 Å². The van der Waals surface area contributed by atoms with Crippen LogP contribution in [0.15, 0.2) is 30.6 Å². The maximum absolute atomic E-state index is 12.2. The summed E-state index contributed by atoms with van der Waals surface area (Å²) < 4.78 is 0. The van der Waals surface area contributed by atoms with Gasteiger partial charge in [-0.25, -0.2) is 9.97 Å². The van der Waals surface area contributed by atoms with E-state index in [1.807, 2.05) is 0 Å². The maximum Gasteiger partial charge on any atom is 0.270 e. The van der Waals surface area contributed by atoms with Crippen molar-refractivity contribution < 1.29 is 4.79 Å². The van der Waals surface area contributed by atoms with Crippen LogP contribution in [0.1, 0.15) is 36.2 Å². The van der Waals surface area contributed by atoms with E-state index in [1.165, 1.54) is 19.2 Å². The summed E-state index contributed by atoms with van der Waals surface area (Å²) in [5.74, 6) is 0.353. The highest BCUT2D eigenvalue weighted by molar-refractivity contribution is 6.42. The largest absolute Gasteiger partial charge is 0.348 e. The first kappa shape index (κ1) is 16.0. The highest BCUT2D eigenvalue weighted by Gasteiger charge is 2.18. The fourth-order valence-electron chi connectivity index (χ4n) is 2.60. The predicted molar refractivity (Wildman–Crippen MR) is 91.5 cm³/mol. The molecule has 0 atom stereocenters. The van der Waals surface area contributed by atoms with E-state index in [1.54, 1.807) is 24.3 Å². The summed E-state index contributed by atoms with van der Waals surface area (Å²) in [5, 5.41) is 7.03. The molecule has 0 bridgehead atoms. The van der Waals surface area contributed by atoms with E-state index in [2.05, 4.69) is 20.6 Å². The molecule has 7 heteroatoms. The Balaban J connectivity index is 1.71. The molecule has 2 aromatic rings. The van der Waals surface area contributed by atoms with Crippen LogP contribution >= 0.6 is 23.2 Å². The maximum atomic E-state index is 12.2. The van der Waals surface area contributed by atoms with Crippen molar-refractivity contribution in [3.63, 3.8) is 0 Å². The molecule has 5 nitrogen and oxygen atoms in total. The number of aromatic nitrogens is 2. The normalized spacial score (nSPS) is 14.7. The molecular formula is C16H16Cl2N4O. The van der Waals surface area contributed by atoms with Gasteiger partial charge in [-0.15, -0.1) is 0 Å². The Hall–Kier alpha value is -1.85. The molecule has 0 aliphatic heterocycles. The molecule has 1 saturated carbocycles. The summed E-state index contributed by atoms with van der Waals surface area (Å²) in [7, 11) is 0. The third-order valence-corrected chi connectivity index (χ3v) is 4.52. The third-order valence-electron chi connectivity index (χ3n) is 3.78. The molecule has 1 aliphatic carbocycles. The monoisotopic (exact) mass is 350 g/mol. The van der Waals surface area contributed by atoms with Gasteiger partial charge in [0.15, 0.2) is 0 Å². The highest BCUT2D eigenvalue weighted by atomic mass is 35.5. The lowest BCUT2D eigenvalue weighted by Crippen LogP contribution is -2.33. The molecule has 120 valence electrons. The summed E-state index contributed by atoms with van der Waals surface area (Å²) >= 11 is 11.9. The van der Waals surface area contributed by atoms with Crippen molar-refractivity contribution in [3.05, 3.63) is 46.3 Å². The van der Waals surface area contributed by atoms with Gasteiger partial charge in [0.1, 0.15) is 17.8 Å². The average molecular weight is 351 g/mol. The minimum atomic E-state index is -0.170. The van der Waals surface area contributed by atoms with Crippen LogP contribution in [0.4, 0.5) is 11.5 Å². The van der Waals surface area contributed by atoms with E-state index in [4.69, 9.17) is 23.2 Å². The number of rotatable bonds is 4. The van der Waals surface area contributed by atoms with Crippen molar-refractivity contribution in [2.45, 2.75) is 31.7 Å². The Morgan fingerprint density at radius 1 is 1.09 bits per heavy atom. The molecule has 1 amide bonds. The van der Waals surface area contributed by atoms with Crippen LogP contribution in [0.5, 0.6) is 0 Å². The van der Waals surface area contributed by atoms with Crippen molar-refractivity contribution in [3.8, 4) is 0 Å². The Morgan fingerprint density at radius 2 is 1.87 bits per heavy atom. The van der Waals surface area contributed by atoms with E-state index in [-0.39, 0.29) is 11.9 Å². The fraction of sp³-hybridized carbons (Fsp3) is 0.312. The van der Waals surface area contributed by atoms with Crippen LogP contribution in [-0.4, -0.2) is 21.9 Å². The minimum Gasteiger partial charge on any atom is -0.348 e. The van der Waals surface area contributed by atoms with Crippen LogP contribution in [0, 0.1) is 0 Å². The van der Waals surface area contributed by atoms with Gasteiger partial charge in [0.2, 0.25) is 0 Å². The Morgan fingerprint density at radius 3 is 2.61 bits per heavy atom. The van der Waals surface area contributed by atoms with Gasteiger partial charge < -0.3 is 10.6 Å². The van der Waals surface area contributed by atoms with E-state index in [0.717, 1.165) is 18.5 Å². The van der Waals surface area contributed by atoms with Gasteiger partial charge in [-0.1, -0.05) is 36.0 Å². The fourth-order valence-corrected chi connectivity index (χ4v) is 2.90. The number of hydrogen-bond donors (Lipinski definition) is 2. The summed E-state index contributed by atoms with van der Waals surface area (Å²) in [4.78, 5) is 20.4. The van der Waals surface area contributed by atoms with Gasteiger partial charge in [-0.05, 0) is 31.0 Å². The average Bonchev–Trinajstić information content (AvgIpc) is 3.04. The Bertz CT molecular complexity index is 717. The standard InChI is InChI=1S/C16H16Cl2N4O/c17-12-6-5-11(7-13(12)18)21-15-8-14(19-9-20-15)16(23)22-10-3-1-2-4-10/h5-10H,1-4H2,(H,22,23)(H,19,20,21). The lowest BCUT2D eigenvalue weighted by atomic mass is 10.2. The number of anilines is 2. The van der Waals surface area contributed by atoms with Gasteiger partial charge in [-0.2, -0.15) is 0 Å². The zero-order chi connectivity index (χ0) is 16.2. The molecule has 3 rings (SSSR count). The molecule has 1 aromatic heterocycles. The van der Waals surface area contributed by atoms with Gasteiger partial charge in [-0.3, -0.25) is 4.79 Å². The second-order valence-corrected chi connectivity index (χ2v) is 6.31. The zero-order valence-corrected chi connectivity index (χ0v) is 13.9. The number of benzene rings is 1. The number of hydrogen-bond acceptors (Lipinski definition) is 4. The summed E-state index contributed by atoms with van der Waals surface area (Å²) in [5.41, 5.74) is 1.08. The van der Waals surface area contributed by atoms with Crippen molar-refractivity contribution in [1.82, 2.24) is 15.3 Å². The number of carbonyl (C=O) groups is 1. The van der Waals surface area contributed by atoms with Crippen LogP contribution in [0.3, 0.4) is 0 Å². The van der Waals surface area contributed by atoms with Gasteiger partial charge in [0.25, 0.3) is 5.91 Å². The predicted octanol–water partition coefficient (Wildman–Crippen LogP) is 4.20. The number of carbonyl (C=O) groups excluding carboxylic acids is 1. The SMILES string of the molecule is O=C(NC1CCCC1)c1cc(Nc2ccc(Cl)c(Cl)c2)ncn1. The molecular weight excluding hydrogens is 335 g/mol. The molecule has 1 fully saturated rings. The highest BCUT2D eigenvalue weighted by Crippen LogP contribution is 2.26. The van der Waals surface area contributed by atoms with Gasteiger partial charge in [0.05, 0.1) is 10.0 Å². The van der Waals surface area contributed by atoms with E-state index in [9.17, 15) is 4.79 Å². The number of halogens is 2. The van der Waals surface area contributed by atoms with Crippen LogP contribution in [-0.2, 0) is 0 Å². The lowest BCUT2D eigenvalue weighted by molar-refractivity contribution is 0.0932. The molecule has 1 heterocycles. The van der Waals surface area contributed by atoms with Crippen molar-refractivity contribution >= 4 is 40.6 Å². The molecule has 0 spiro atoms. The summed E-state index contributed by atoms with van der Waals surface area (Å²) in [6.45, 7) is 0. The molecule has 2 N–H and O–H groups in total. The second-order valence-electron chi connectivity index (χ2n) is 5.50. The Kier molecular flexibility index (Phi) is 4.98. The van der Waals surface area contributed by atoms with Crippen molar-refractivity contribution in [1.29, 1.82) is 0 Å². The first-order chi connectivity index (χ1) is 11.1. The number of amides is 1. The first-order valence-corrected chi connectivity index (χ1v) is 8.22. The van der Waals surface area contributed by atoms with E-state index >= 15 is 0 Å². The molecule has 0 unspecified atom stereocenters. The molecule has 1 aromatic carbocycles. The second kappa shape index (κ2) is 7.15. The topological polar surface area (TPSA) is 66.9 Å². The summed E-state index contributed by atoms with van der Waals surface area (Å²) in [6.07, 6.45) is 5.76. The minimum absolute atomic E-state index is 0.170. The smallest absolute Gasteiger partial charge is 0.270 e. The van der Waals surface area contributed by atoms with E-state index in [0.29, 0.717) is 21.6 Å². The lowest BCUT2D eigenvalue weighted by Gasteiger charge is -2.12. The summed E-state index contributed by atoms with van der Waals surface area (Å²) in [6, 6.07) is 7.05. The molecule has 23 heavy (non-hydrogen) atoms.